The second-order valence-corrected chi connectivity index (χ2v) is 11.9. The highest BCUT2D eigenvalue weighted by atomic mass is 32.2. The van der Waals surface area contributed by atoms with Gasteiger partial charge in [0.15, 0.2) is 5.82 Å². The molecule has 14 heteroatoms. The van der Waals surface area contributed by atoms with Gasteiger partial charge in [0.25, 0.3) is 15.9 Å². The molecule has 2 heterocycles. The zero-order chi connectivity index (χ0) is 30.3. The number of methoxy groups -OCH3 is 1. The molecule has 4 rings (SSSR count). The first-order valence-electron chi connectivity index (χ1n) is 13.2. The van der Waals surface area contributed by atoms with Gasteiger partial charge in [-0.15, -0.1) is 5.06 Å². The predicted octanol–water partition coefficient (Wildman–Crippen LogP) is 3.15. The van der Waals surface area contributed by atoms with Crippen LogP contribution in [0.3, 0.4) is 0 Å². The van der Waals surface area contributed by atoms with Crippen LogP contribution in [0, 0.1) is 0 Å². The van der Waals surface area contributed by atoms with E-state index < -0.39 is 28.4 Å². The van der Waals surface area contributed by atoms with Gasteiger partial charge in [-0.25, -0.2) is 13.2 Å². The lowest BCUT2D eigenvalue weighted by molar-refractivity contribution is -0.151. The summed E-state index contributed by atoms with van der Waals surface area (Å²) in [5.41, 5.74) is 0.757. The fourth-order valence-corrected chi connectivity index (χ4v) is 4.83. The number of nitrogens with one attached hydrogen (secondary N) is 1. The van der Waals surface area contributed by atoms with E-state index in [2.05, 4.69) is 14.7 Å². The predicted molar refractivity (Wildman–Crippen MR) is 151 cm³/mol. The first-order valence-corrected chi connectivity index (χ1v) is 14.6. The standard InChI is InChI=1S/C28H34N4O9S/c1-28(2,3)19-8-10-22(11-9-19)42(35,36)31-24-23(40-21-7-5-6-20(18-21)37-4)26(39-17-14-33)30-25(29-24)27(34)41-32-12-15-38-16-13-32/h5-11,18,33H,12-17H2,1-4H3,(H,29,30,31). The minimum atomic E-state index is -4.24. The van der Waals surface area contributed by atoms with Gasteiger partial charge in [-0.3, -0.25) is 4.72 Å². The number of carbonyl (C=O) groups excluding carboxylic acids is 1. The van der Waals surface area contributed by atoms with Gasteiger partial charge >= 0.3 is 5.97 Å². The quantitative estimate of drug-likeness (QED) is 0.331. The van der Waals surface area contributed by atoms with E-state index in [9.17, 15) is 18.3 Å². The van der Waals surface area contributed by atoms with Gasteiger partial charge in [0.05, 0.1) is 44.9 Å². The lowest BCUT2D eigenvalue weighted by Crippen LogP contribution is -2.38. The van der Waals surface area contributed by atoms with Gasteiger partial charge in [0.2, 0.25) is 11.6 Å². The zero-order valence-corrected chi connectivity index (χ0v) is 24.6. The Balaban J connectivity index is 1.77. The normalized spacial score (nSPS) is 14.2. The molecule has 1 aliphatic heterocycles. The number of carbonyl (C=O) groups is 1. The van der Waals surface area contributed by atoms with Crippen LogP contribution in [0.2, 0.25) is 0 Å². The minimum absolute atomic E-state index is 0.0447. The summed E-state index contributed by atoms with van der Waals surface area (Å²) in [6.45, 7) is 6.83. The Kier molecular flexibility index (Phi) is 9.83. The van der Waals surface area contributed by atoms with Crippen LogP contribution in [0.4, 0.5) is 5.82 Å². The van der Waals surface area contributed by atoms with Crippen LogP contribution >= 0.6 is 0 Å². The number of aliphatic hydroxyl groups is 1. The number of benzene rings is 2. The SMILES string of the molecule is COc1cccc(Oc2c(NS(=O)(=O)c3ccc(C(C)(C)C)cc3)nc(C(=O)ON3CCOCC3)nc2OCCO)c1. The molecule has 0 atom stereocenters. The summed E-state index contributed by atoms with van der Waals surface area (Å²) in [5, 5.41) is 10.8. The van der Waals surface area contributed by atoms with Crippen molar-refractivity contribution in [2.45, 2.75) is 31.1 Å². The van der Waals surface area contributed by atoms with E-state index in [1.807, 2.05) is 20.8 Å². The van der Waals surface area contributed by atoms with Gasteiger partial charge < -0.3 is 28.9 Å². The maximum Gasteiger partial charge on any atom is 0.395 e. The number of nitrogens with zero attached hydrogens (tertiary/aromatic N) is 3. The summed E-state index contributed by atoms with van der Waals surface area (Å²) in [6.07, 6.45) is 0. The highest BCUT2D eigenvalue weighted by Crippen LogP contribution is 2.38. The largest absolute Gasteiger partial charge is 0.497 e. The summed E-state index contributed by atoms with van der Waals surface area (Å²) >= 11 is 0. The van der Waals surface area contributed by atoms with E-state index in [-0.39, 0.29) is 40.1 Å². The van der Waals surface area contributed by atoms with Crippen molar-refractivity contribution in [2.24, 2.45) is 0 Å². The van der Waals surface area contributed by atoms with E-state index >= 15 is 0 Å². The Morgan fingerprint density at radius 1 is 1.07 bits per heavy atom. The van der Waals surface area contributed by atoms with Crippen molar-refractivity contribution < 1.29 is 42.1 Å². The number of hydrogen-bond donors (Lipinski definition) is 2. The van der Waals surface area contributed by atoms with Crippen molar-refractivity contribution in [1.29, 1.82) is 0 Å². The van der Waals surface area contributed by atoms with Crippen molar-refractivity contribution in [3.8, 4) is 23.1 Å². The van der Waals surface area contributed by atoms with Crippen LogP contribution in [-0.2, 0) is 25.0 Å². The number of hydroxylamine groups is 2. The summed E-state index contributed by atoms with van der Waals surface area (Å²) in [5.74, 6) is -1.65. The molecule has 0 radical (unpaired) electrons. The topological polar surface area (TPSA) is 159 Å². The van der Waals surface area contributed by atoms with Crippen molar-refractivity contribution in [2.75, 3.05) is 51.3 Å². The first-order chi connectivity index (χ1) is 20.0. The first kappa shape index (κ1) is 31.0. The van der Waals surface area contributed by atoms with Crippen LogP contribution in [0.15, 0.2) is 53.4 Å². The second kappa shape index (κ2) is 13.3. The minimum Gasteiger partial charge on any atom is -0.497 e. The van der Waals surface area contributed by atoms with Gasteiger partial charge in [-0.2, -0.15) is 9.97 Å². The molecule has 3 aromatic rings. The number of sulfonamides is 1. The third-order valence-corrected chi connectivity index (χ3v) is 7.41. The van der Waals surface area contributed by atoms with Crippen molar-refractivity contribution >= 4 is 21.8 Å². The Labute approximate surface area is 244 Å². The molecule has 0 aliphatic carbocycles. The number of aromatic nitrogens is 2. The lowest BCUT2D eigenvalue weighted by Gasteiger charge is -2.24. The molecule has 0 bridgehead atoms. The van der Waals surface area contributed by atoms with Crippen LogP contribution in [0.5, 0.6) is 23.1 Å². The maximum atomic E-state index is 13.5. The number of rotatable bonds is 11. The molecule has 2 aromatic carbocycles. The molecule has 1 fully saturated rings. The Hall–Kier alpha value is -3.98. The molecular weight excluding hydrogens is 568 g/mol. The highest BCUT2D eigenvalue weighted by Gasteiger charge is 2.28. The average molecular weight is 603 g/mol. The number of ether oxygens (including phenoxy) is 4. The molecule has 226 valence electrons. The van der Waals surface area contributed by atoms with E-state index in [0.29, 0.717) is 32.1 Å². The summed E-state index contributed by atoms with van der Waals surface area (Å²) in [6, 6.07) is 12.9. The zero-order valence-electron chi connectivity index (χ0n) is 23.8. The van der Waals surface area contributed by atoms with Crippen LogP contribution < -0.4 is 18.9 Å². The molecule has 0 amide bonds. The maximum absolute atomic E-state index is 13.5. The third-order valence-electron chi connectivity index (χ3n) is 6.05. The van der Waals surface area contributed by atoms with E-state index in [1.165, 1.54) is 24.3 Å². The third kappa shape index (κ3) is 7.85. The number of aliphatic hydroxyl groups excluding tert-OH is 1. The Morgan fingerprint density at radius 3 is 2.40 bits per heavy atom. The summed E-state index contributed by atoms with van der Waals surface area (Å²) in [7, 11) is -2.76. The van der Waals surface area contributed by atoms with Gasteiger partial charge in [0, 0.05) is 6.07 Å². The van der Waals surface area contributed by atoms with Crippen LogP contribution in [0.1, 0.15) is 37.0 Å². The van der Waals surface area contributed by atoms with Gasteiger partial charge in [-0.05, 0) is 35.2 Å². The van der Waals surface area contributed by atoms with Crippen molar-refractivity contribution in [1.82, 2.24) is 15.0 Å². The fourth-order valence-electron chi connectivity index (χ4n) is 3.82. The molecule has 0 saturated carbocycles. The summed E-state index contributed by atoms with van der Waals surface area (Å²) < 4.78 is 51.5. The molecule has 42 heavy (non-hydrogen) atoms. The van der Waals surface area contributed by atoms with E-state index in [4.69, 9.17) is 23.8 Å². The monoisotopic (exact) mass is 602 g/mol. The fraction of sp³-hybridized carbons (Fsp3) is 0.393. The average Bonchev–Trinajstić information content (AvgIpc) is 2.97. The van der Waals surface area contributed by atoms with E-state index in [0.717, 1.165) is 5.56 Å². The molecule has 1 aromatic heterocycles. The van der Waals surface area contributed by atoms with Crippen LogP contribution in [0.25, 0.3) is 0 Å². The molecule has 0 spiro atoms. The molecule has 1 saturated heterocycles. The second-order valence-electron chi connectivity index (χ2n) is 10.2. The highest BCUT2D eigenvalue weighted by molar-refractivity contribution is 7.92. The number of hydrogen-bond acceptors (Lipinski definition) is 12. The molecular formula is C28H34N4O9S. The van der Waals surface area contributed by atoms with Gasteiger partial charge in [-0.1, -0.05) is 39.0 Å². The Bertz CT molecular complexity index is 1490. The molecule has 0 unspecified atom stereocenters. The number of morpholine rings is 1. The Morgan fingerprint density at radius 2 is 1.76 bits per heavy atom. The number of anilines is 1. The van der Waals surface area contributed by atoms with Crippen LogP contribution in [-0.4, -0.2) is 81.2 Å². The van der Waals surface area contributed by atoms with Gasteiger partial charge in [0.1, 0.15) is 18.1 Å². The molecule has 1 aliphatic rings. The van der Waals surface area contributed by atoms with Crippen molar-refractivity contribution in [3.05, 3.63) is 59.9 Å². The lowest BCUT2D eigenvalue weighted by atomic mass is 9.87. The smallest absolute Gasteiger partial charge is 0.395 e. The summed E-state index contributed by atoms with van der Waals surface area (Å²) in [4.78, 5) is 26.7. The van der Waals surface area contributed by atoms with Crippen molar-refractivity contribution in [3.63, 3.8) is 0 Å². The molecule has 2 N–H and O–H groups in total. The van der Waals surface area contributed by atoms with E-state index in [1.54, 1.807) is 36.4 Å². The molecule has 13 nitrogen and oxygen atoms in total.